The van der Waals surface area contributed by atoms with Crippen LogP contribution in [0.3, 0.4) is 0 Å². The summed E-state index contributed by atoms with van der Waals surface area (Å²) in [7, 11) is 0. The minimum Gasteiger partial charge on any atom is -0.343 e. The third-order valence-electron chi connectivity index (χ3n) is 8.44. The second kappa shape index (κ2) is 11.6. The van der Waals surface area contributed by atoms with Crippen molar-refractivity contribution in [2.75, 3.05) is 64.2 Å². The summed E-state index contributed by atoms with van der Waals surface area (Å²) in [5.41, 5.74) is 2.06. The van der Waals surface area contributed by atoms with Gasteiger partial charge in [-0.15, -0.1) is 0 Å². The van der Waals surface area contributed by atoms with E-state index >= 15 is 0 Å². The van der Waals surface area contributed by atoms with E-state index in [2.05, 4.69) is 21.6 Å². The SMILES string of the molecule is O=C(CCC(=O)N1CCC(N2CCc3ccccc3NC2=O)CC1)N1CCC(N2CCNCC2)CC1. The van der Waals surface area contributed by atoms with Crippen molar-refractivity contribution in [2.24, 2.45) is 0 Å². The number of benzene rings is 1. The molecule has 4 aliphatic heterocycles. The highest BCUT2D eigenvalue weighted by Gasteiger charge is 2.32. The number of anilines is 1. The molecule has 0 atom stereocenters. The summed E-state index contributed by atoms with van der Waals surface area (Å²) in [5, 5.41) is 6.45. The molecule has 196 valence electrons. The number of rotatable bonds is 5. The number of likely N-dealkylation sites (tertiary alicyclic amines) is 2. The fraction of sp³-hybridized carbons (Fsp3) is 0.667. The quantitative estimate of drug-likeness (QED) is 0.649. The van der Waals surface area contributed by atoms with E-state index < -0.39 is 0 Å². The first kappa shape index (κ1) is 25.0. The van der Waals surface area contributed by atoms with Crippen LogP contribution in [0.1, 0.15) is 44.1 Å². The number of carbonyl (C=O) groups is 3. The van der Waals surface area contributed by atoms with Gasteiger partial charge in [0.25, 0.3) is 0 Å². The molecule has 0 aliphatic carbocycles. The second-order valence-electron chi connectivity index (χ2n) is 10.5. The zero-order chi connectivity index (χ0) is 24.9. The normalized spacial score (nSPS) is 22.7. The van der Waals surface area contributed by atoms with Crippen molar-refractivity contribution in [1.82, 2.24) is 24.9 Å². The van der Waals surface area contributed by atoms with Crippen molar-refractivity contribution in [3.05, 3.63) is 29.8 Å². The summed E-state index contributed by atoms with van der Waals surface area (Å²) in [4.78, 5) is 46.8. The maximum absolute atomic E-state index is 12.8. The summed E-state index contributed by atoms with van der Waals surface area (Å²) < 4.78 is 0. The zero-order valence-corrected chi connectivity index (χ0v) is 21.3. The molecule has 0 bridgehead atoms. The molecule has 0 spiro atoms. The molecule has 3 fully saturated rings. The second-order valence-corrected chi connectivity index (χ2v) is 10.5. The zero-order valence-electron chi connectivity index (χ0n) is 21.3. The Bertz CT molecular complexity index is 933. The van der Waals surface area contributed by atoms with Gasteiger partial charge in [-0.25, -0.2) is 4.79 Å². The largest absolute Gasteiger partial charge is 0.343 e. The first-order valence-corrected chi connectivity index (χ1v) is 13.7. The van der Waals surface area contributed by atoms with Crippen LogP contribution in [-0.4, -0.2) is 108 Å². The van der Waals surface area contributed by atoms with Crippen molar-refractivity contribution >= 4 is 23.5 Å². The first-order valence-electron chi connectivity index (χ1n) is 13.7. The molecule has 9 nitrogen and oxygen atoms in total. The molecule has 1 aromatic carbocycles. The predicted octanol–water partition coefficient (Wildman–Crippen LogP) is 1.74. The van der Waals surface area contributed by atoms with E-state index in [9.17, 15) is 14.4 Å². The van der Waals surface area contributed by atoms with Crippen LogP contribution in [0, 0.1) is 0 Å². The summed E-state index contributed by atoms with van der Waals surface area (Å²) in [6, 6.07) is 8.65. The van der Waals surface area contributed by atoms with Gasteiger partial charge in [0.15, 0.2) is 0 Å². The van der Waals surface area contributed by atoms with E-state index in [0.29, 0.717) is 32.1 Å². The number of hydrogen-bond acceptors (Lipinski definition) is 5. The van der Waals surface area contributed by atoms with E-state index in [1.54, 1.807) is 0 Å². The molecular formula is C27H40N6O3. The lowest BCUT2D eigenvalue weighted by Gasteiger charge is -2.40. The lowest BCUT2D eigenvalue weighted by atomic mass is 10.0. The van der Waals surface area contributed by atoms with Crippen LogP contribution in [-0.2, 0) is 16.0 Å². The Morgan fingerprint density at radius 3 is 2.00 bits per heavy atom. The molecule has 0 radical (unpaired) electrons. The number of hydrogen-bond donors (Lipinski definition) is 2. The van der Waals surface area contributed by atoms with Gasteiger partial charge in [0.1, 0.15) is 0 Å². The molecule has 1 aromatic rings. The molecule has 4 aliphatic rings. The molecule has 0 unspecified atom stereocenters. The topological polar surface area (TPSA) is 88.2 Å². The van der Waals surface area contributed by atoms with Crippen LogP contribution in [0.25, 0.3) is 0 Å². The summed E-state index contributed by atoms with van der Waals surface area (Å²) in [6.45, 7) is 7.88. The lowest BCUT2D eigenvalue weighted by Crippen LogP contribution is -2.52. The molecule has 4 amide bonds. The third-order valence-corrected chi connectivity index (χ3v) is 8.44. The van der Waals surface area contributed by atoms with Gasteiger partial charge in [-0.2, -0.15) is 0 Å². The van der Waals surface area contributed by atoms with E-state index in [1.165, 1.54) is 5.56 Å². The van der Waals surface area contributed by atoms with Crippen molar-refractivity contribution in [2.45, 2.75) is 57.0 Å². The Morgan fingerprint density at radius 1 is 0.778 bits per heavy atom. The number of piperidine rings is 2. The van der Waals surface area contributed by atoms with Gasteiger partial charge in [-0.1, -0.05) is 18.2 Å². The standard InChI is InChI=1S/C27H40N6O3/c34-25(31-14-8-22(9-15-31)30-19-12-28-13-20-30)5-6-26(35)32-16-10-23(11-17-32)33-18-7-21-3-1-2-4-24(21)29-27(33)36/h1-4,22-23,28H,5-20H2,(H,29,36). The van der Waals surface area contributed by atoms with Crippen molar-refractivity contribution in [1.29, 1.82) is 0 Å². The highest BCUT2D eigenvalue weighted by molar-refractivity contribution is 5.91. The van der Waals surface area contributed by atoms with Gasteiger partial charge in [0, 0.05) is 89.5 Å². The average molecular weight is 497 g/mol. The maximum Gasteiger partial charge on any atom is 0.322 e. The van der Waals surface area contributed by atoms with Gasteiger partial charge in [0.2, 0.25) is 11.8 Å². The van der Waals surface area contributed by atoms with Gasteiger partial charge >= 0.3 is 6.03 Å². The fourth-order valence-electron chi connectivity index (χ4n) is 6.22. The lowest BCUT2D eigenvalue weighted by molar-refractivity contribution is -0.138. The van der Waals surface area contributed by atoms with E-state index in [0.717, 1.165) is 77.1 Å². The number of nitrogens with one attached hydrogen (secondary N) is 2. The molecule has 2 N–H and O–H groups in total. The molecule has 36 heavy (non-hydrogen) atoms. The van der Waals surface area contributed by atoms with Crippen LogP contribution in [0.5, 0.6) is 0 Å². The maximum atomic E-state index is 12.8. The molecule has 3 saturated heterocycles. The monoisotopic (exact) mass is 496 g/mol. The molecular weight excluding hydrogens is 456 g/mol. The van der Waals surface area contributed by atoms with Gasteiger partial charge in [-0.3, -0.25) is 14.5 Å². The Labute approximate surface area is 214 Å². The molecule has 0 aromatic heterocycles. The number of amides is 4. The first-order chi connectivity index (χ1) is 17.6. The van der Waals surface area contributed by atoms with E-state index in [4.69, 9.17) is 0 Å². The number of piperazine rings is 1. The number of carbonyl (C=O) groups excluding carboxylic acids is 3. The smallest absolute Gasteiger partial charge is 0.322 e. The summed E-state index contributed by atoms with van der Waals surface area (Å²) >= 11 is 0. The van der Waals surface area contributed by atoms with E-state index in [1.807, 2.05) is 32.9 Å². The van der Waals surface area contributed by atoms with Crippen molar-refractivity contribution in [3.63, 3.8) is 0 Å². The minimum atomic E-state index is -0.0453. The van der Waals surface area contributed by atoms with Crippen LogP contribution < -0.4 is 10.6 Å². The van der Waals surface area contributed by atoms with Crippen molar-refractivity contribution < 1.29 is 14.4 Å². The third kappa shape index (κ3) is 5.83. The summed E-state index contributed by atoms with van der Waals surface area (Å²) in [5.74, 6) is 0.169. The Balaban J connectivity index is 1.02. The van der Waals surface area contributed by atoms with Gasteiger partial charge < -0.3 is 25.3 Å². The predicted molar refractivity (Wildman–Crippen MR) is 139 cm³/mol. The van der Waals surface area contributed by atoms with Crippen molar-refractivity contribution in [3.8, 4) is 0 Å². The Morgan fingerprint density at radius 2 is 1.36 bits per heavy atom. The van der Waals surface area contributed by atoms with Crippen LogP contribution >= 0.6 is 0 Å². The minimum absolute atomic E-state index is 0.0453. The molecule has 9 heteroatoms. The summed E-state index contributed by atoms with van der Waals surface area (Å²) in [6.07, 6.45) is 5.03. The highest BCUT2D eigenvalue weighted by Crippen LogP contribution is 2.25. The number of nitrogens with zero attached hydrogens (tertiary/aromatic N) is 4. The molecule has 0 saturated carbocycles. The van der Waals surface area contributed by atoms with Crippen LogP contribution in [0.2, 0.25) is 0 Å². The Hall–Kier alpha value is -2.65. The molecule has 4 heterocycles. The number of fused-ring (bicyclic) bond motifs is 1. The Kier molecular flexibility index (Phi) is 8.06. The van der Waals surface area contributed by atoms with Crippen LogP contribution in [0.4, 0.5) is 10.5 Å². The fourth-order valence-corrected chi connectivity index (χ4v) is 6.22. The molecule has 5 rings (SSSR count). The van der Waals surface area contributed by atoms with Gasteiger partial charge in [-0.05, 0) is 43.7 Å². The number of urea groups is 1. The number of para-hydroxylation sites is 1. The van der Waals surface area contributed by atoms with E-state index in [-0.39, 0.29) is 30.3 Å². The van der Waals surface area contributed by atoms with Gasteiger partial charge in [0.05, 0.1) is 0 Å². The average Bonchev–Trinajstić information content (AvgIpc) is 3.10. The highest BCUT2D eigenvalue weighted by atomic mass is 16.2. The van der Waals surface area contributed by atoms with Crippen LogP contribution in [0.15, 0.2) is 24.3 Å².